The number of likely N-dealkylation sites (N-methyl/N-ethyl adjacent to an activating group) is 1. The molecule has 2 N–H and O–H groups in total. The first-order valence-corrected chi connectivity index (χ1v) is 6.64. The smallest absolute Gasteiger partial charge is 0.133 e. The second-order valence-electron chi connectivity index (χ2n) is 4.86. The number of pyridine rings is 1. The van der Waals surface area contributed by atoms with Gasteiger partial charge in [0, 0.05) is 31.4 Å². The van der Waals surface area contributed by atoms with Crippen molar-refractivity contribution in [2.45, 2.75) is 19.4 Å². The van der Waals surface area contributed by atoms with E-state index in [4.69, 9.17) is 5.73 Å². The number of hydrogen-bond donors (Lipinski definition) is 1. The van der Waals surface area contributed by atoms with Crippen molar-refractivity contribution in [2.75, 3.05) is 18.5 Å². The number of benzene rings is 1. The zero-order chi connectivity index (χ0) is 13.7. The van der Waals surface area contributed by atoms with Gasteiger partial charge in [-0.05, 0) is 25.0 Å². The SMILES string of the molecule is C[C@@H](N)c1cccnc1N(C)CCc1ccccc1. The molecule has 19 heavy (non-hydrogen) atoms. The minimum atomic E-state index is 0.00266. The third-order valence-electron chi connectivity index (χ3n) is 3.25. The number of anilines is 1. The molecule has 0 radical (unpaired) electrons. The average molecular weight is 255 g/mol. The summed E-state index contributed by atoms with van der Waals surface area (Å²) in [7, 11) is 2.07. The molecule has 1 atom stereocenters. The van der Waals surface area contributed by atoms with Crippen LogP contribution in [0.25, 0.3) is 0 Å². The normalized spacial score (nSPS) is 12.2. The molecule has 0 fully saturated rings. The lowest BCUT2D eigenvalue weighted by molar-refractivity contribution is 0.784. The molecule has 0 aliphatic rings. The molecular weight excluding hydrogens is 234 g/mol. The third kappa shape index (κ3) is 3.55. The van der Waals surface area contributed by atoms with E-state index >= 15 is 0 Å². The molecule has 0 aliphatic carbocycles. The van der Waals surface area contributed by atoms with Gasteiger partial charge in [-0.25, -0.2) is 4.98 Å². The maximum atomic E-state index is 5.99. The van der Waals surface area contributed by atoms with Crippen molar-refractivity contribution in [3.8, 4) is 0 Å². The molecule has 0 spiro atoms. The second kappa shape index (κ2) is 6.34. The van der Waals surface area contributed by atoms with Crippen molar-refractivity contribution >= 4 is 5.82 Å². The molecule has 2 aromatic rings. The highest BCUT2D eigenvalue weighted by atomic mass is 15.2. The number of rotatable bonds is 5. The van der Waals surface area contributed by atoms with E-state index in [2.05, 4.69) is 41.2 Å². The van der Waals surface area contributed by atoms with E-state index in [0.29, 0.717) is 0 Å². The van der Waals surface area contributed by atoms with Crippen molar-refractivity contribution in [1.82, 2.24) is 4.98 Å². The molecule has 0 saturated carbocycles. The molecule has 0 bridgehead atoms. The Bertz CT molecular complexity index is 508. The van der Waals surface area contributed by atoms with Crippen LogP contribution in [0.3, 0.4) is 0 Å². The minimum absolute atomic E-state index is 0.00266. The molecule has 1 aromatic carbocycles. The predicted octanol–water partition coefficient (Wildman–Crippen LogP) is 2.78. The van der Waals surface area contributed by atoms with E-state index in [-0.39, 0.29) is 6.04 Å². The van der Waals surface area contributed by atoms with Crippen LogP contribution in [0.5, 0.6) is 0 Å². The maximum absolute atomic E-state index is 5.99. The van der Waals surface area contributed by atoms with E-state index in [0.717, 1.165) is 24.3 Å². The van der Waals surface area contributed by atoms with Gasteiger partial charge in [0.1, 0.15) is 5.82 Å². The van der Waals surface area contributed by atoms with E-state index in [1.54, 1.807) is 0 Å². The van der Waals surface area contributed by atoms with Gasteiger partial charge in [-0.2, -0.15) is 0 Å². The summed E-state index contributed by atoms with van der Waals surface area (Å²) in [5.41, 5.74) is 8.43. The lowest BCUT2D eigenvalue weighted by atomic mass is 10.1. The molecule has 0 saturated heterocycles. The quantitative estimate of drug-likeness (QED) is 0.893. The Morgan fingerprint density at radius 2 is 1.89 bits per heavy atom. The summed E-state index contributed by atoms with van der Waals surface area (Å²) in [5.74, 6) is 0.980. The zero-order valence-corrected chi connectivity index (χ0v) is 11.6. The van der Waals surface area contributed by atoms with E-state index in [1.165, 1.54) is 5.56 Å². The number of nitrogens with zero attached hydrogens (tertiary/aromatic N) is 2. The third-order valence-corrected chi connectivity index (χ3v) is 3.25. The molecule has 0 unspecified atom stereocenters. The first-order chi connectivity index (χ1) is 9.18. The molecule has 1 heterocycles. The van der Waals surface area contributed by atoms with E-state index in [1.807, 2.05) is 31.3 Å². The van der Waals surface area contributed by atoms with Gasteiger partial charge in [-0.1, -0.05) is 36.4 Å². The Morgan fingerprint density at radius 1 is 1.16 bits per heavy atom. The van der Waals surface area contributed by atoms with Crippen molar-refractivity contribution in [3.05, 3.63) is 59.8 Å². The van der Waals surface area contributed by atoms with Crippen LogP contribution in [0.1, 0.15) is 24.1 Å². The van der Waals surface area contributed by atoms with Crippen molar-refractivity contribution in [3.63, 3.8) is 0 Å². The zero-order valence-electron chi connectivity index (χ0n) is 11.6. The van der Waals surface area contributed by atoms with Crippen LogP contribution in [0.15, 0.2) is 48.7 Å². The molecule has 3 heteroatoms. The van der Waals surface area contributed by atoms with Crippen molar-refractivity contribution in [2.24, 2.45) is 5.73 Å². The standard InChI is InChI=1S/C16H21N3/c1-13(17)15-9-6-11-18-16(15)19(2)12-10-14-7-4-3-5-8-14/h3-9,11,13H,10,12,17H2,1-2H3/t13-/m1/s1. The van der Waals surface area contributed by atoms with Crippen LogP contribution in [-0.2, 0) is 6.42 Å². The fourth-order valence-corrected chi connectivity index (χ4v) is 2.13. The van der Waals surface area contributed by atoms with Crippen LogP contribution in [0.4, 0.5) is 5.82 Å². The second-order valence-corrected chi connectivity index (χ2v) is 4.86. The first kappa shape index (κ1) is 13.6. The Labute approximate surface area is 115 Å². The Kier molecular flexibility index (Phi) is 4.53. The molecule has 2 rings (SSSR count). The summed E-state index contributed by atoms with van der Waals surface area (Å²) in [5, 5.41) is 0. The predicted molar refractivity (Wildman–Crippen MR) is 80.3 cm³/mol. The van der Waals surface area contributed by atoms with E-state index in [9.17, 15) is 0 Å². The summed E-state index contributed by atoms with van der Waals surface area (Å²) in [6.45, 7) is 2.92. The van der Waals surface area contributed by atoms with Gasteiger partial charge in [-0.3, -0.25) is 0 Å². The Hall–Kier alpha value is -1.87. The molecular formula is C16H21N3. The number of nitrogens with two attached hydrogens (primary N) is 1. The van der Waals surface area contributed by atoms with Gasteiger partial charge in [-0.15, -0.1) is 0 Å². The van der Waals surface area contributed by atoms with Gasteiger partial charge >= 0.3 is 0 Å². The van der Waals surface area contributed by atoms with Gasteiger partial charge in [0.05, 0.1) is 0 Å². The van der Waals surface area contributed by atoms with Gasteiger partial charge in [0.2, 0.25) is 0 Å². The van der Waals surface area contributed by atoms with E-state index < -0.39 is 0 Å². The van der Waals surface area contributed by atoms with Crippen LogP contribution in [0, 0.1) is 0 Å². The summed E-state index contributed by atoms with van der Waals surface area (Å²) in [6.07, 6.45) is 2.83. The molecule has 3 nitrogen and oxygen atoms in total. The Morgan fingerprint density at radius 3 is 2.58 bits per heavy atom. The molecule has 1 aromatic heterocycles. The maximum Gasteiger partial charge on any atom is 0.133 e. The monoisotopic (exact) mass is 255 g/mol. The fraction of sp³-hybridized carbons (Fsp3) is 0.312. The number of hydrogen-bond acceptors (Lipinski definition) is 3. The largest absolute Gasteiger partial charge is 0.359 e. The molecule has 0 aliphatic heterocycles. The van der Waals surface area contributed by atoms with Crippen molar-refractivity contribution in [1.29, 1.82) is 0 Å². The first-order valence-electron chi connectivity index (χ1n) is 6.64. The summed E-state index contributed by atoms with van der Waals surface area (Å²) in [6, 6.07) is 14.5. The van der Waals surface area contributed by atoms with Gasteiger partial charge in [0.15, 0.2) is 0 Å². The van der Waals surface area contributed by atoms with Crippen LogP contribution in [-0.4, -0.2) is 18.6 Å². The number of aromatic nitrogens is 1. The highest BCUT2D eigenvalue weighted by Crippen LogP contribution is 2.21. The minimum Gasteiger partial charge on any atom is -0.359 e. The topological polar surface area (TPSA) is 42.1 Å². The Balaban J connectivity index is 2.06. The summed E-state index contributed by atoms with van der Waals surface area (Å²) >= 11 is 0. The average Bonchev–Trinajstić information content (AvgIpc) is 2.46. The fourth-order valence-electron chi connectivity index (χ4n) is 2.13. The highest BCUT2D eigenvalue weighted by Gasteiger charge is 2.11. The molecule has 100 valence electrons. The summed E-state index contributed by atoms with van der Waals surface area (Å²) < 4.78 is 0. The molecule has 0 amide bonds. The van der Waals surface area contributed by atoms with Crippen LogP contribution < -0.4 is 10.6 Å². The van der Waals surface area contributed by atoms with Crippen LogP contribution >= 0.6 is 0 Å². The van der Waals surface area contributed by atoms with Gasteiger partial charge in [0.25, 0.3) is 0 Å². The summed E-state index contributed by atoms with van der Waals surface area (Å²) in [4.78, 5) is 6.63. The van der Waals surface area contributed by atoms with Gasteiger partial charge < -0.3 is 10.6 Å². The lowest BCUT2D eigenvalue weighted by Crippen LogP contribution is -2.24. The van der Waals surface area contributed by atoms with Crippen LogP contribution in [0.2, 0.25) is 0 Å². The highest BCUT2D eigenvalue weighted by molar-refractivity contribution is 5.47. The lowest BCUT2D eigenvalue weighted by Gasteiger charge is -2.22. The van der Waals surface area contributed by atoms with Crippen molar-refractivity contribution < 1.29 is 0 Å².